The molecule has 5 rings (SSSR count). The molecule has 0 bridgehead atoms. The summed E-state index contributed by atoms with van der Waals surface area (Å²) in [6.45, 7) is 7.86. The first kappa shape index (κ1) is 28.8. The Bertz CT molecular complexity index is 1550. The highest BCUT2D eigenvalue weighted by atomic mass is 35.5. The standard InChI is InChI=1S/C28H30N7O.2ClH/c1-4-34(5-2)23-9-13-26-28(19-23)35(17-16-33-15-14-32(3)20-33)27-18-22(8-12-25(27)29-26)31-30-21-6-10-24(36)11-7-21;;/h6-15,18-20H,4-5,16-17H2,1-3H3;2*1H/q+1;;/p-1. The van der Waals surface area contributed by atoms with Gasteiger partial charge in [0.05, 0.1) is 18.4 Å². The summed E-state index contributed by atoms with van der Waals surface area (Å²) in [6.07, 6.45) is 6.23. The number of rotatable bonds is 8. The van der Waals surface area contributed by atoms with E-state index in [0.717, 1.165) is 53.9 Å². The third-order valence-electron chi connectivity index (χ3n) is 6.41. The normalized spacial score (nSPS) is 11.0. The molecule has 2 heterocycles. The molecule has 3 aromatic carbocycles. The SMILES string of the molecule is CCN(CC)c1ccc2nc3ccc(N=Nc4ccc(O)cc4)cc3[n+](CCn3cc[n+](C)c3)c2c1.[Cl-].[Cl-]. The van der Waals surface area contributed by atoms with Crippen LogP contribution in [0.2, 0.25) is 0 Å². The lowest BCUT2D eigenvalue weighted by atomic mass is 10.2. The number of aryl methyl sites for hydroxylation is 3. The summed E-state index contributed by atoms with van der Waals surface area (Å²) in [5, 5.41) is 18.3. The highest BCUT2D eigenvalue weighted by Gasteiger charge is 2.20. The van der Waals surface area contributed by atoms with Gasteiger partial charge >= 0.3 is 0 Å². The van der Waals surface area contributed by atoms with Crippen molar-refractivity contribution in [2.45, 2.75) is 26.9 Å². The molecule has 0 amide bonds. The first-order valence-electron chi connectivity index (χ1n) is 12.3. The van der Waals surface area contributed by atoms with Crippen LogP contribution in [0.25, 0.3) is 22.1 Å². The van der Waals surface area contributed by atoms with E-state index >= 15 is 0 Å². The Labute approximate surface area is 234 Å². The van der Waals surface area contributed by atoms with Crippen LogP contribution >= 0.6 is 0 Å². The van der Waals surface area contributed by atoms with E-state index in [1.807, 2.05) is 36.0 Å². The van der Waals surface area contributed by atoms with Crippen molar-refractivity contribution in [2.75, 3.05) is 18.0 Å². The van der Waals surface area contributed by atoms with Crippen LogP contribution in [0.5, 0.6) is 5.75 Å². The second-order valence-corrected chi connectivity index (χ2v) is 8.82. The van der Waals surface area contributed by atoms with Gasteiger partial charge in [0.15, 0.2) is 6.54 Å². The van der Waals surface area contributed by atoms with Gasteiger partial charge in [-0.05, 0) is 62.4 Å². The molecule has 8 nitrogen and oxygen atoms in total. The van der Waals surface area contributed by atoms with Crippen LogP contribution in [0.3, 0.4) is 0 Å². The number of fused-ring (bicyclic) bond motifs is 2. The molecule has 0 aliphatic heterocycles. The van der Waals surface area contributed by atoms with Gasteiger partial charge in [0.25, 0.3) is 0 Å². The molecule has 0 saturated heterocycles. The number of hydrogen-bond donors (Lipinski definition) is 1. The summed E-state index contributed by atoms with van der Waals surface area (Å²) in [5.41, 5.74) is 6.61. The average molecular weight is 553 g/mol. The third-order valence-corrected chi connectivity index (χ3v) is 6.41. The summed E-state index contributed by atoms with van der Waals surface area (Å²) < 4.78 is 6.58. The van der Waals surface area contributed by atoms with Crippen LogP contribution in [0.4, 0.5) is 17.1 Å². The molecule has 198 valence electrons. The quantitative estimate of drug-likeness (QED) is 0.152. The molecule has 0 saturated carbocycles. The minimum atomic E-state index is 0. The van der Waals surface area contributed by atoms with Gasteiger partial charge in [-0.3, -0.25) is 0 Å². The van der Waals surface area contributed by atoms with E-state index in [4.69, 9.17) is 4.98 Å². The molecule has 0 fully saturated rings. The number of benzene rings is 3. The molecule has 0 spiro atoms. The van der Waals surface area contributed by atoms with Gasteiger partial charge in [-0.2, -0.15) is 14.8 Å². The van der Waals surface area contributed by atoms with Crippen LogP contribution in [0.15, 0.2) is 89.6 Å². The van der Waals surface area contributed by atoms with Gasteiger partial charge < -0.3 is 34.8 Å². The minimum absolute atomic E-state index is 0. The Morgan fingerprint density at radius 1 is 0.868 bits per heavy atom. The predicted molar refractivity (Wildman–Crippen MR) is 141 cm³/mol. The predicted octanol–water partition coefficient (Wildman–Crippen LogP) is -1.02. The minimum Gasteiger partial charge on any atom is -1.00 e. The van der Waals surface area contributed by atoms with Crippen LogP contribution < -0.4 is 38.8 Å². The smallest absolute Gasteiger partial charge is 0.243 e. The third kappa shape index (κ3) is 6.20. The molecular weight excluding hydrogens is 521 g/mol. The summed E-state index contributed by atoms with van der Waals surface area (Å²) >= 11 is 0. The summed E-state index contributed by atoms with van der Waals surface area (Å²) in [6, 6.07) is 19.2. The first-order valence-corrected chi connectivity index (χ1v) is 12.3. The van der Waals surface area contributed by atoms with E-state index in [0.29, 0.717) is 5.69 Å². The molecule has 0 unspecified atom stereocenters. The van der Waals surface area contributed by atoms with Crippen molar-refractivity contribution in [1.82, 2.24) is 9.55 Å². The molecular formula is C28H31Cl2N7O. The molecule has 0 aliphatic rings. The zero-order valence-corrected chi connectivity index (χ0v) is 23.2. The maximum absolute atomic E-state index is 9.51. The highest BCUT2D eigenvalue weighted by molar-refractivity contribution is 5.85. The topological polar surface area (TPSA) is 73.8 Å². The number of anilines is 1. The van der Waals surface area contributed by atoms with Crippen LogP contribution in [0, 0.1) is 0 Å². The number of aromatic nitrogens is 4. The van der Waals surface area contributed by atoms with Gasteiger partial charge in [-0.15, -0.1) is 0 Å². The maximum atomic E-state index is 9.51. The van der Waals surface area contributed by atoms with E-state index in [9.17, 15) is 5.11 Å². The van der Waals surface area contributed by atoms with Crippen molar-refractivity contribution >= 4 is 39.1 Å². The van der Waals surface area contributed by atoms with Gasteiger partial charge in [0, 0.05) is 30.9 Å². The molecule has 0 radical (unpaired) electrons. The molecule has 2 aromatic heterocycles. The van der Waals surface area contributed by atoms with Gasteiger partial charge in [0.1, 0.15) is 35.7 Å². The fourth-order valence-electron chi connectivity index (χ4n) is 4.48. The average Bonchev–Trinajstić information content (AvgIpc) is 3.32. The largest absolute Gasteiger partial charge is 1.00 e. The molecule has 0 aliphatic carbocycles. The summed E-state index contributed by atoms with van der Waals surface area (Å²) in [4.78, 5) is 7.32. The van der Waals surface area contributed by atoms with E-state index in [2.05, 4.69) is 68.8 Å². The van der Waals surface area contributed by atoms with E-state index in [1.165, 1.54) is 5.69 Å². The zero-order valence-electron chi connectivity index (χ0n) is 21.7. The zero-order chi connectivity index (χ0) is 25.1. The number of hydrogen-bond acceptors (Lipinski definition) is 5. The highest BCUT2D eigenvalue weighted by Crippen LogP contribution is 2.25. The lowest BCUT2D eigenvalue weighted by Crippen LogP contribution is -3.00. The molecule has 10 heteroatoms. The number of halogens is 2. The molecule has 1 N–H and O–H groups in total. The Balaban J connectivity index is 0.00000200. The van der Waals surface area contributed by atoms with Crippen LogP contribution in [-0.2, 0) is 20.1 Å². The van der Waals surface area contributed by atoms with Crippen molar-refractivity contribution < 1.29 is 39.1 Å². The fourth-order valence-corrected chi connectivity index (χ4v) is 4.48. The fraction of sp³-hybridized carbons (Fsp3) is 0.250. The van der Waals surface area contributed by atoms with Crippen molar-refractivity contribution in [3.8, 4) is 5.75 Å². The number of aromatic hydroxyl groups is 1. The van der Waals surface area contributed by atoms with Crippen molar-refractivity contribution in [3.05, 3.63) is 79.4 Å². The Morgan fingerprint density at radius 2 is 1.50 bits per heavy atom. The maximum Gasteiger partial charge on any atom is 0.243 e. The molecule has 5 aromatic rings. The number of nitrogens with zero attached hydrogens (tertiary/aromatic N) is 7. The van der Waals surface area contributed by atoms with E-state index < -0.39 is 0 Å². The second kappa shape index (κ2) is 12.7. The number of phenols is 1. The number of azo groups is 1. The second-order valence-electron chi connectivity index (χ2n) is 8.82. The lowest BCUT2D eigenvalue weighted by Gasteiger charge is -2.20. The lowest BCUT2D eigenvalue weighted by molar-refractivity contribution is -0.672. The molecule has 0 atom stereocenters. The van der Waals surface area contributed by atoms with E-state index in [1.54, 1.807) is 24.3 Å². The Kier molecular flexibility index (Phi) is 9.61. The van der Waals surface area contributed by atoms with Crippen molar-refractivity contribution in [3.63, 3.8) is 0 Å². The first-order chi connectivity index (χ1) is 17.5. The number of imidazole rings is 1. The Morgan fingerprint density at radius 3 is 2.16 bits per heavy atom. The van der Waals surface area contributed by atoms with Crippen molar-refractivity contribution in [2.24, 2.45) is 17.3 Å². The van der Waals surface area contributed by atoms with Crippen molar-refractivity contribution in [1.29, 1.82) is 0 Å². The van der Waals surface area contributed by atoms with Gasteiger partial charge in [-0.1, -0.05) is 0 Å². The van der Waals surface area contributed by atoms with Crippen LogP contribution in [0.1, 0.15) is 13.8 Å². The number of phenolic OH excluding ortho intramolecular Hbond substituents is 1. The molecule has 38 heavy (non-hydrogen) atoms. The summed E-state index contributed by atoms with van der Waals surface area (Å²) in [5.74, 6) is 0.207. The van der Waals surface area contributed by atoms with Crippen LogP contribution in [-0.4, -0.2) is 27.7 Å². The Hall–Kier alpha value is -3.75. The van der Waals surface area contributed by atoms with Gasteiger partial charge in [-0.25, -0.2) is 14.1 Å². The van der Waals surface area contributed by atoms with Gasteiger partial charge in [0.2, 0.25) is 17.4 Å². The van der Waals surface area contributed by atoms with E-state index in [-0.39, 0.29) is 30.6 Å². The summed E-state index contributed by atoms with van der Waals surface area (Å²) in [7, 11) is 2.03. The monoisotopic (exact) mass is 551 g/mol.